The Kier molecular flexibility index (Phi) is 7.90. The average molecular weight is 288 g/mol. The van der Waals surface area contributed by atoms with Gasteiger partial charge in [-0.05, 0) is 18.6 Å². The molecule has 1 fully saturated rings. The van der Waals surface area contributed by atoms with E-state index >= 15 is 0 Å². The minimum absolute atomic E-state index is 0.0767. The topological polar surface area (TPSA) is 60.9 Å². The van der Waals surface area contributed by atoms with Crippen molar-refractivity contribution in [1.29, 1.82) is 0 Å². The van der Waals surface area contributed by atoms with Crippen molar-refractivity contribution < 1.29 is 14.7 Å². The molecule has 0 aromatic rings. The second kappa shape index (κ2) is 9.20. The van der Waals surface area contributed by atoms with Crippen LogP contribution in [0.3, 0.4) is 0 Å². The van der Waals surface area contributed by atoms with E-state index < -0.39 is 5.97 Å². The molecule has 1 aliphatic rings. The molecule has 0 atom stereocenters. The monoisotopic (exact) mass is 288 g/mol. The van der Waals surface area contributed by atoms with E-state index in [1.165, 1.54) is 0 Å². The maximum Gasteiger partial charge on any atom is 0.317 e. The number of amides is 1. The molecule has 0 aromatic heterocycles. The number of thioether (sulfide) groups is 1. The Hall–Kier alpha value is -0.750. The van der Waals surface area contributed by atoms with Gasteiger partial charge in [-0.25, -0.2) is 0 Å². The molecule has 0 radical (unpaired) electrons. The molecule has 0 aromatic carbocycles. The van der Waals surface area contributed by atoms with Crippen LogP contribution in [0.25, 0.3) is 0 Å². The maximum absolute atomic E-state index is 12.0. The number of carboxylic acid groups (broad SMARTS) is 1. The Morgan fingerprint density at radius 3 is 2.68 bits per heavy atom. The largest absolute Gasteiger partial charge is 0.480 e. The highest BCUT2D eigenvalue weighted by atomic mass is 32.2. The van der Waals surface area contributed by atoms with E-state index in [0.717, 1.165) is 38.1 Å². The molecule has 0 spiro atoms. The number of hydrogen-bond donors (Lipinski definition) is 1. The van der Waals surface area contributed by atoms with Gasteiger partial charge in [0.05, 0.1) is 12.3 Å². The van der Waals surface area contributed by atoms with Gasteiger partial charge in [-0.1, -0.05) is 13.3 Å². The second-order valence-electron chi connectivity index (χ2n) is 4.81. The van der Waals surface area contributed by atoms with Gasteiger partial charge >= 0.3 is 5.97 Å². The number of carbonyl (C=O) groups excluding carboxylic acids is 1. The lowest BCUT2D eigenvalue weighted by molar-refractivity contribution is -0.138. The number of hydrogen-bond acceptors (Lipinski definition) is 4. The fourth-order valence-corrected chi connectivity index (χ4v) is 3.06. The van der Waals surface area contributed by atoms with Crippen LogP contribution in [0, 0.1) is 0 Å². The van der Waals surface area contributed by atoms with Crippen LogP contribution in [-0.2, 0) is 9.59 Å². The third kappa shape index (κ3) is 6.82. The lowest BCUT2D eigenvalue weighted by Gasteiger charge is -2.21. The number of aliphatic carboxylic acids is 1. The van der Waals surface area contributed by atoms with Gasteiger partial charge in [-0.3, -0.25) is 14.5 Å². The van der Waals surface area contributed by atoms with Gasteiger partial charge in [-0.15, -0.1) is 0 Å². The van der Waals surface area contributed by atoms with Gasteiger partial charge in [0.15, 0.2) is 0 Å². The van der Waals surface area contributed by atoms with Gasteiger partial charge in [0.1, 0.15) is 0 Å². The summed E-state index contributed by atoms with van der Waals surface area (Å²) < 4.78 is 0. The number of rotatable bonds is 7. The van der Waals surface area contributed by atoms with Gasteiger partial charge in [0, 0.05) is 26.2 Å². The van der Waals surface area contributed by atoms with E-state index in [9.17, 15) is 9.59 Å². The van der Waals surface area contributed by atoms with Gasteiger partial charge < -0.3 is 10.0 Å². The second-order valence-corrected chi connectivity index (χ2v) is 5.92. The average Bonchev–Trinajstić information content (AvgIpc) is 2.59. The van der Waals surface area contributed by atoms with Crippen LogP contribution in [-0.4, -0.2) is 71.0 Å². The zero-order chi connectivity index (χ0) is 14.1. The van der Waals surface area contributed by atoms with Crippen LogP contribution in [0.5, 0.6) is 0 Å². The lowest BCUT2D eigenvalue weighted by atomic mass is 10.4. The summed E-state index contributed by atoms with van der Waals surface area (Å²) in [5, 5.41) is 8.77. The fraction of sp³-hybridized carbons (Fsp3) is 0.846. The quantitative estimate of drug-likeness (QED) is 0.712. The van der Waals surface area contributed by atoms with E-state index in [-0.39, 0.29) is 12.5 Å². The first kappa shape index (κ1) is 16.3. The standard InChI is InChI=1S/C13H24N2O3S/c1-2-3-9-19-11-12(16)15-6-4-5-14(7-8-15)10-13(17)18/h2-11H2,1H3,(H,17,18). The molecule has 0 unspecified atom stereocenters. The van der Waals surface area contributed by atoms with Crippen molar-refractivity contribution in [3.63, 3.8) is 0 Å². The van der Waals surface area contributed by atoms with Crippen LogP contribution >= 0.6 is 11.8 Å². The van der Waals surface area contributed by atoms with Gasteiger partial charge in [0.25, 0.3) is 0 Å². The highest BCUT2D eigenvalue weighted by Gasteiger charge is 2.19. The molecule has 5 nitrogen and oxygen atoms in total. The molecule has 0 aliphatic carbocycles. The highest BCUT2D eigenvalue weighted by molar-refractivity contribution is 7.99. The Morgan fingerprint density at radius 1 is 1.21 bits per heavy atom. The molecule has 6 heteroatoms. The third-order valence-corrected chi connectivity index (χ3v) is 4.20. The summed E-state index contributed by atoms with van der Waals surface area (Å²) in [7, 11) is 0. The number of carbonyl (C=O) groups is 2. The molecule has 1 aliphatic heterocycles. The van der Waals surface area contributed by atoms with Gasteiger partial charge in [0.2, 0.25) is 5.91 Å². The molecule has 19 heavy (non-hydrogen) atoms. The van der Waals surface area contributed by atoms with Crippen molar-refractivity contribution in [1.82, 2.24) is 9.80 Å². The highest BCUT2D eigenvalue weighted by Crippen LogP contribution is 2.09. The van der Waals surface area contributed by atoms with E-state index in [1.807, 2.05) is 9.80 Å². The minimum atomic E-state index is -0.796. The summed E-state index contributed by atoms with van der Waals surface area (Å²) in [6, 6.07) is 0. The summed E-state index contributed by atoms with van der Waals surface area (Å²) in [4.78, 5) is 26.5. The Morgan fingerprint density at radius 2 is 2.00 bits per heavy atom. The van der Waals surface area contributed by atoms with Crippen LogP contribution in [0.1, 0.15) is 26.2 Å². The van der Waals surface area contributed by atoms with Crippen LogP contribution in [0.15, 0.2) is 0 Å². The van der Waals surface area contributed by atoms with Crippen LogP contribution in [0.2, 0.25) is 0 Å². The molecule has 1 heterocycles. The van der Waals surface area contributed by atoms with E-state index in [1.54, 1.807) is 11.8 Å². The van der Waals surface area contributed by atoms with E-state index in [4.69, 9.17) is 5.11 Å². The van der Waals surface area contributed by atoms with Crippen molar-refractivity contribution in [2.45, 2.75) is 26.2 Å². The SMILES string of the molecule is CCCCSCC(=O)N1CCCN(CC(=O)O)CC1. The molecule has 1 saturated heterocycles. The molecule has 110 valence electrons. The van der Waals surface area contributed by atoms with Crippen molar-refractivity contribution in [2.75, 3.05) is 44.2 Å². The molecule has 0 bridgehead atoms. The predicted octanol–water partition coefficient (Wildman–Crippen LogP) is 1.14. The fourth-order valence-electron chi connectivity index (χ4n) is 2.07. The molecule has 1 rings (SSSR count). The van der Waals surface area contributed by atoms with Crippen LogP contribution < -0.4 is 0 Å². The van der Waals surface area contributed by atoms with E-state index in [2.05, 4.69) is 6.92 Å². The summed E-state index contributed by atoms with van der Waals surface area (Å²) >= 11 is 1.70. The van der Waals surface area contributed by atoms with Gasteiger partial charge in [-0.2, -0.15) is 11.8 Å². The summed E-state index contributed by atoms with van der Waals surface area (Å²) in [5.74, 6) is 0.994. The first-order valence-electron chi connectivity index (χ1n) is 6.93. The smallest absolute Gasteiger partial charge is 0.317 e. The van der Waals surface area contributed by atoms with Crippen LogP contribution in [0.4, 0.5) is 0 Å². The normalized spacial score (nSPS) is 17.2. The van der Waals surface area contributed by atoms with Crippen molar-refractivity contribution in [3.8, 4) is 0 Å². The zero-order valence-electron chi connectivity index (χ0n) is 11.6. The zero-order valence-corrected chi connectivity index (χ0v) is 12.5. The number of unbranched alkanes of at least 4 members (excludes halogenated alkanes) is 1. The summed E-state index contributed by atoms with van der Waals surface area (Å²) in [6.45, 7) is 5.06. The maximum atomic E-state index is 12.0. The minimum Gasteiger partial charge on any atom is -0.480 e. The third-order valence-electron chi connectivity index (χ3n) is 3.17. The molecular formula is C13H24N2O3S. The number of carboxylic acids is 1. The van der Waals surface area contributed by atoms with Crippen molar-refractivity contribution >= 4 is 23.6 Å². The van der Waals surface area contributed by atoms with E-state index in [0.29, 0.717) is 18.8 Å². The molecule has 1 N–H and O–H groups in total. The first-order valence-corrected chi connectivity index (χ1v) is 8.08. The summed E-state index contributed by atoms with van der Waals surface area (Å²) in [6.07, 6.45) is 3.18. The lowest BCUT2D eigenvalue weighted by Crippen LogP contribution is -2.37. The Bertz CT molecular complexity index is 300. The molecule has 0 saturated carbocycles. The predicted molar refractivity (Wildman–Crippen MR) is 77.5 cm³/mol. The Labute approximate surface area is 119 Å². The van der Waals surface area contributed by atoms with Crippen molar-refractivity contribution in [2.24, 2.45) is 0 Å². The molecular weight excluding hydrogens is 264 g/mol. The first-order chi connectivity index (χ1) is 9.13. The van der Waals surface area contributed by atoms with Crippen molar-refractivity contribution in [3.05, 3.63) is 0 Å². The number of nitrogens with zero attached hydrogens (tertiary/aromatic N) is 2. The Balaban J connectivity index is 2.27. The summed E-state index contributed by atoms with van der Waals surface area (Å²) in [5.41, 5.74) is 0. The molecule has 1 amide bonds.